The smallest absolute Gasteiger partial charge is 0.380 e. The van der Waals surface area contributed by atoms with Crippen LogP contribution in [-0.2, 0) is 27.2 Å². The Morgan fingerprint density at radius 3 is 2.40 bits per heavy atom. The number of alkyl halides is 3. The first-order chi connectivity index (χ1) is 11.6. The Morgan fingerprint density at radius 2 is 1.88 bits per heavy atom. The number of sulfone groups is 1. The van der Waals surface area contributed by atoms with Gasteiger partial charge in [-0.1, -0.05) is 12.1 Å². The highest BCUT2D eigenvalue weighted by Crippen LogP contribution is 2.41. The maximum absolute atomic E-state index is 12.6. The molecule has 1 aromatic rings. The summed E-state index contributed by atoms with van der Waals surface area (Å²) in [5, 5.41) is 0. The van der Waals surface area contributed by atoms with Crippen LogP contribution in [0.25, 0.3) is 0 Å². The molecule has 8 heteroatoms. The highest BCUT2D eigenvalue weighted by atomic mass is 32.2. The first kappa shape index (κ1) is 18.7. The lowest BCUT2D eigenvalue weighted by molar-refractivity contribution is -0.137. The van der Waals surface area contributed by atoms with Crippen LogP contribution >= 0.6 is 0 Å². The Hall–Kier alpha value is -1.12. The lowest BCUT2D eigenvalue weighted by Crippen LogP contribution is -2.50. The topological polar surface area (TPSA) is 46.6 Å². The van der Waals surface area contributed by atoms with Gasteiger partial charge in [-0.15, -0.1) is 0 Å². The van der Waals surface area contributed by atoms with Gasteiger partial charge in [-0.3, -0.25) is 0 Å². The van der Waals surface area contributed by atoms with Crippen molar-refractivity contribution >= 4 is 9.84 Å². The van der Waals surface area contributed by atoms with E-state index in [4.69, 9.17) is 4.74 Å². The first-order valence-electron chi connectivity index (χ1n) is 8.23. The van der Waals surface area contributed by atoms with Crippen molar-refractivity contribution in [3.05, 3.63) is 35.4 Å². The average molecular weight is 377 g/mol. The highest BCUT2D eigenvalue weighted by Gasteiger charge is 2.52. The van der Waals surface area contributed by atoms with Crippen molar-refractivity contribution < 1.29 is 26.3 Å². The summed E-state index contributed by atoms with van der Waals surface area (Å²) in [4.78, 5) is 2.20. The van der Waals surface area contributed by atoms with Crippen molar-refractivity contribution in [2.75, 3.05) is 38.2 Å². The SMILES string of the molecule is CO[C@H](Cc1ccc(C(F)(F)F)cc1)CN1CCC2(C1)CS(=O)(=O)C2. The minimum Gasteiger partial charge on any atom is -0.380 e. The molecule has 1 aromatic carbocycles. The van der Waals surface area contributed by atoms with Gasteiger partial charge in [0.2, 0.25) is 0 Å². The summed E-state index contributed by atoms with van der Waals surface area (Å²) in [6.07, 6.45) is -3.06. The van der Waals surface area contributed by atoms with Crippen LogP contribution in [0.1, 0.15) is 17.5 Å². The molecule has 0 N–H and O–H groups in total. The number of rotatable bonds is 5. The predicted molar refractivity (Wildman–Crippen MR) is 88.1 cm³/mol. The highest BCUT2D eigenvalue weighted by molar-refractivity contribution is 7.92. The molecule has 0 radical (unpaired) electrons. The summed E-state index contributed by atoms with van der Waals surface area (Å²) in [5.74, 6) is 0.542. The van der Waals surface area contributed by atoms with E-state index in [-0.39, 0.29) is 23.0 Å². The van der Waals surface area contributed by atoms with Gasteiger partial charge in [0.05, 0.1) is 23.2 Å². The van der Waals surface area contributed by atoms with Gasteiger partial charge < -0.3 is 9.64 Å². The average Bonchev–Trinajstić information content (AvgIpc) is 2.88. The summed E-state index contributed by atoms with van der Waals surface area (Å²) in [7, 11) is -1.25. The molecule has 2 heterocycles. The van der Waals surface area contributed by atoms with Gasteiger partial charge in [-0.25, -0.2) is 8.42 Å². The fourth-order valence-electron chi connectivity index (χ4n) is 3.91. The Balaban J connectivity index is 1.55. The van der Waals surface area contributed by atoms with Gasteiger partial charge in [0.25, 0.3) is 0 Å². The second-order valence-electron chi connectivity index (χ2n) is 7.27. The molecule has 2 aliphatic heterocycles. The molecule has 1 atom stereocenters. The van der Waals surface area contributed by atoms with Crippen LogP contribution < -0.4 is 0 Å². The van der Waals surface area contributed by atoms with Crippen LogP contribution in [0.4, 0.5) is 13.2 Å². The van der Waals surface area contributed by atoms with Crippen LogP contribution in [0.3, 0.4) is 0 Å². The summed E-state index contributed by atoms with van der Waals surface area (Å²) in [5.41, 5.74) is 0.0451. The van der Waals surface area contributed by atoms with Crippen LogP contribution in [0.2, 0.25) is 0 Å². The molecule has 0 saturated carbocycles. The molecule has 0 bridgehead atoms. The van der Waals surface area contributed by atoms with E-state index >= 15 is 0 Å². The van der Waals surface area contributed by atoms with Crippen molar-refractivity contribution in [3.8, 4) is 0 Å². The molecule has 1 spiro atoms. The maximum Gasteiger partial charge on any atom is 0.416 e. The molecule has 0 amide bonds. The van der Waals surface area contributed by atoms with E-state index < -0.39 is 21.6 Å². The van der Waals surface area contributed by atoms with Gasteiger partial charge in [0, 0.05) is 25.6 Å². The summed E-state index contributed by atoms with van der Waals surface area (Å²) < 4.78 is 66.2. The molecule has 25 heavy (non-hydrogen) atoms. The van der Waals surface area contributed by atoms with E-state index in [2.05, 4.69) is 4.90 Å². The van der Waals surface area contributed by atoms with E-state index in [9.17, 15) is 21.6 Å². The van der Waals surface area contributed by atoms with Crippen LogP contribution in [-0.4, -0.2) is 57.7 Å². The van der Waals surface area contributed by atoms with Crippen molar-refractivity contribution in [2.45, 2.75) is 25.1 Å². The van der Waals surface area contributed by atoms with Crippen molar-refractivity contribution in [2.24, 2.45) is 5.41 Å². The number of likely N-dealkylation sites (tertiary alicyclic amines) is 1. The molecule has 140 valence electrons. The monoisotopic (exact) mass is 377 g/mol. The third kappa shape index (κ3) is 4.35. The van der Waals surface area contributed by atoms with Crippen molar-refractivity contribution in [3.63, 3.8) is 0 Å². The summed E-state index contributed by atoms with van der Waals surface area (Å²) in [6.45, 7) is 2.24. The summed E-state index contributed by atoms with van der Waals surface area (Å²) in [6, 6.07) is 5.15. The molecular weight excluding hydrogens is 355 g/mol. The summed E-state index contributed by atoms with van der Waals surface area (Å²) >= 11 is 0. The predicted octanol–water partition coefficient (Wildman–Crippen LogP) is 2.38. The molecule has 2 aliphatic rings. The van der Waals surface area contributed by atoms with Gasteiger partial charge in [-0.2, -0.15) is 13.2 Å². The Bertz CT molecular complexity index is 704. The first-order valence-corrected chi connectivity index (χ1v) is 10.0. The molecule has 0 aromatic heterocycles. The number of hydrogen-bond donors (Lipinski definition) is 0. The van der Waals surface area contributed by atoms with Gasteiger partial charge in [0.15, 0.2) is 9.84 Å². The van der Waals surface area contributed by atoms with Crippen molar-refractivity contribution in [1.29, 1.82) is 0 Å². The van der Waals surface area contributed by atoms with E-state index in [1.165, 1.54) is 12.1 Å². The Kier molecular flexibility index (Phi) is 4.89. The second kappa shape index (κ2) is 6.55. The molecule has 0 aliphatic carbocycles. The van der Waals surface area contributed by atoms with Gasteiger partial charge >= 0.3 is 6.18 Å². The largest absolute Gasteiger partial charge is 0.416 e. The van der Waals surface area contributed by atoms with Crippen LogP contribution in [0.5, 0.6) is 0 Å². The second-order valence-corrected chi connectivity index (χ2v) is 9.34. The Labute approximate surface area is 145 Å². The number of hydrogen-bond acceptors (Lipinski definition) is 4. The van der Waals surface area contributed by atoms with E-state index in [1.807, 2.05) is 0 Å². The van der Waals surface area contributed by atoms with Gasteiger partial charge in [-0.05, 0) is 37.1 Å². The maximum atomic E-state index is 12.6. The quantitative estimate of drug-likeness (QED) is 0.791. The van der Waals surface area contributed by atoms with E-state index in [1.54, 1.807) is 7.11 Å². The lowest BCUT2D eigenvalue weighted by Gasteiger charge is -2.37. The van der Waals surface area contributed by atoms with E-state index in [0.29, 0.717) is 13.0 Å². The zero-order chi connectivity index (χ0) is 18.3. The standard InChI is InChI=1S/C17H22F3NO3S/c1-24-15(8-13-2-4-14(5-3-13)17(18,19)20)9-21-7-6-16(10-21)11-25(22,23)12-16/h2-5,15H,6-12H2,1H3/t15-/m1/s1. The van der Waals surface area contributed by atoms with E-state index in [0.717, 1.165) is 37.2 Å². The minimum absolute atomic E-state index is 0.0918. The third-order valence-electron chi connectivity index (χ3n) is 5.11. The fraction of sp³-hybridized carbons (Fsp3) is 0.647. The number of benzene rings is 1. The molecule has 0 unspecified atom stereocenters. The van der Waals surface area contributed by atoms with Crippen molar-refractivity contribution in [1.82, 2.24) is 4.90 Å². The molecular formula is C17H22F3NO3S. The Morgan fingerprint density at radius 1 is 1.24 bits per heavy atom. The molecule has 2 saturated heterocycles. The minimum atomic E-state index is -4.33. The number of ether oxygens (including phenoxy) is 1. The molecule has 2 fully saturated rings. The molecule has 4 nitrogen and oxygen atoms in total. The van der Waals surface area contributed by atoms with Crippen LogP contribution in [0.15, 0.2) is 24.3 Å². The lowest BCUT2D eigenvalue weighted by atomic mass is 9.91. The van der Waals surface area contributed by atoms with Crippen LogP contribution in [0, 0.1) is 5.41 Å². The molecule has 3 rings (SSSR count). The third-order valence-corrected chi connectivity index (χ3v) is 7.21. The van der Waals surface area contributed by atoms with Gasteiger partial charge in [0.1, 0.15) is 0 Å². The number of halogens is 3. The normalized spacial score (nSPS) is 23.5. The number of methoxy groups -OCH3 is 1. The zero-order valence-corrected chi connectivity index (χ0v) is 14.9. The number of nitrogens with zero attached hydrogens (tertiary/aromatic N) is 1. The fourth-order valence-corrected chi connectivity index (χ4v) is 6.17. The zero-order valence-electron chi connectivity index (χ0n) is 14.1.